The van der Waals surface area contributed by atoms with E-state index in [2.05, 4.69) is 30.8 Å². The van der Waals surface area contributed by atoms with Gasteiger partial charge in [-0.3, -0.25) is 9.69 Å². The minimum atomic E-state index is -0.718. The largest absolute Gasteiger partial charge is 0.481 e. The highest BCUT2D eigenvalue weighted by molar-refractivity contribution is 9.10. The molecular weight excluding hydrogens is 346 g/mol. The van der Waals surface area contributed by atoms with Crippen molar-refractivity contribution < 1.29 is 9.90 Å². The highest BCUT2D eigenvalue weighted by Crippen LogP contribution is 2.31. The van der Waals surface area contributed by atoms with Crippen LogP contribution in [-0.4, -0.2) is 39.0 Å². The highest BCUT2D eigenvalue weighted by Gasteiger charge is 2.40. The van der Waals surface area contributed by atoms with E-state index in [0.29, 0.717) is 19.5 Å². The molecule has 1 unspecified atom stereocenters. The lowest BCUT2D eigenvalue weighted by molar-refractivity contribution is -0.147. The molecule has 22 heavy (non-hydrogen) atoms. The van der Waals surface area contributed by atoms with Gasteiger partial charge in [0.05, 0.1) is 23.9 Å². The number of carboxylic acids is 1. The molecule has 6 heteroatoms. The van der Waals surface area contributed by atoms with Crippen LogP contribution in [0.3, 0.4) is 0 Å². The fourth-order valence-electron chi connectivity index (χ4n) is 2.80. The summed E-state index contributed by atoms with van der Waals surface area (Å²) in [6, 6.07) is 8.04. The molecule has 0 saturated carbocycles. The summed E-state index contributed by atoms with van der Waals surface area (Å²) in [5.74, 6) is 0.151. The Balaban J connectivity index is 1.68. The van der Waals surface area contributed by atoms with Crippen LogP contribution in [0, 0.1) is 5.41 Å². The first-order valence-electron chi connectivity index (χ1n) is 7.22. The standard InChI is InChI=1S/C16H18BrN3O2/c1-16(15(21)22)6-7-20(10-16)9-14-18-8-13(19-14)11-2-4-12(17)5-3-11/h2-5,8H,6-7,9-10H2,1H3,(H,18,19)(H,21,22). The van der Waals surface area contributed by atoms with Gasteiger partial charge in [-0.05, 0) is 37.6 Å². The molecule has 0 amide bonds. The minimum absolute atomic E-state index is 0.566. The molecule has 1 aliphatic rings. The summed E-state index contributed by atoms with van der Waals surface area (Å²) in [6.07, 6.45) is 2.51. The van der Waals surface area contributed by atoms with E-state index >= 15 is 0 Å². The van der Waals surface area contributed by atoms with Gasteiger partial charge >= 0.3 is 5.97 Å². The zero-order valence-electron chi connectivity index (χ0n) is 12.3. The van der Waals surface area contributed by atoms with Crippen molar-refractivity contribution in [3.63, 3.8) is 0 Å². The Kier molecular flexibility index (Phi) is 4.06. The van der Waals surface area contributed by atoms with Crippen molar-refractivity contribution in [1.29, 1.82) is 0 Å². The quantitative estimate of drug-likeness (QED) is 0.875. The summed E-state index contributed by atoms with van der Waals surface area (Å²) >= 11 is 3.42. The number of likely N-dealkylation sites (tertiary alicyclic amines) is 1. The van der Waals surface area contributed by atoms with Crippen LogP contribution in [0.2, 0.25) is 0 Å². The third-order valence-corrected chi connectivity index (χ3v) is 4.75. The first-order valence-corrected chi connectivity index (χ1v) is 8.01. The summed E-state index contributed by atoms with van der Waals surface area (Å²) in [5, 5.41) is 9.28. The number of nitrogens with one attached hydrogen (secondary N) is 1. The Morgan fingerprint density at radius 2 is 2.18 bits per heavy atom. The molecule has 2 heterocycles. The first-order chi connectivity index (χ1) is 10.5. The zero-order valence-corrected chi connectivity index (χ0v) is 13.9. The van der Waals surface area contributed by atoms with E-state index in [1.807, 2.05) is 37.4 Å². The van der Waals surface area contributed by atoms with Crippen molar-refractivity contribution in [2.24, 2.45) is 5.41 Å². The monoisotopic (exact) mass is 363 g/mol. The second-order valence-electron chi connectivity index (χ2n) is 6.08. The SMILES string of the molecule is CC1(C(=O)O)CCN(Cc2ncc(-c3ccc(Br)cc3)[nH]2)C1. The fourth-order valence-corrected chi connectivity index (χ4v) is 3.06. The Labute approximate surface area is 137 Å². The van der Waals surface area contributed by atoms with Crippen LogP contribution in [0.15, 0.2) is 34.9 Å². The molecule has 0 spiro atoms. The van der Waals surface area contributed by atoms with Gasteiger partial charge in [0.15, 0.2) is 0 Å². The van der Waals surface area contributed by atoms with Crippen molar-refractivity contribution in [2.75, 3.05) is 13.1 Å². The summed E-state index contributed by atoms with van der Waals surface area (Å²) < 4.78 is 1.04. The molecule has 116 valence electrons. The predicted molar refractivity (Wildman–Crippen MR) is 87.4 cm³/mol. The average Bonchev–Trinajstić information content (AvgIpc) is 3.08. The van der Waals surface area contributed by atoms with Gasteiger partial charge in [-0.25, -0.2) is 4.98 Å². The Hall–Kier alpha value is -1.66. The van der Waals surface area contributed by atoms with E-state index < -0.39 is 11.4 Å². The lowest BCUT2D eigenvalue weighted by Crippen LogP contribution is -2.31. The molecule has 1 fully saturated rings. The van der Waals surface area contributed by atoms with Crippen LogP contribution >= 0.6 is 15.9 Å². The normalized spacial score (nSPS) is 22.1. The molecule has 5 nitrogen and oxygen atoms in total. The lowest BCUT2D eigenvalue weighted by Gasteiger charge is -2.19. The summed E-state index contributed by atoms with van der Waals surface area (Å²) in [7, 11) is 0. The van der Waals surface area contributed by atoms with E-state index in [0.717, 1.165) is 28.1 Å². The number of imidazole rings is 1. The number of aromatic amines is 1. The summed E-state index contributed by atoms with van der Waals surface area (Å²) in [4.78, 5) is 21.2. The molecule has 2 aromatic rings. The van der Waals surface area contributed by atoms with E-state index in [4.69, 9.17) is 0 Å². The molecule has 0 radical (unpaired) electrons. The zero-order chi connectivity index (χ0) is 15.7. The number of halogens is 1. The average molecular weight is 364 g/mol. The second-order valence-corrected chi connectivity index (χ2v) is 6.99. The Bertz CT molecular complexity index is 683. The number of H-pyrrole nitrogens is 1. The van der Waals surface area contributed by atoms with Crippen molar-refractivity contribution in [3.05, 3.63) is 40.8 Å². The van der Waals surface area contributed by atoms with Gasteiger partial charge in [0, 0.05) is 11.0 Å². The van der Waals surface area contributed by atoms with E-state index in [1.165, 1.54) is 0 Å². The topological polar surface area (TPSA) is 69.2 Å². The van der Waals surface area contributed by atoms with Crippen molar-refractivity contribution in [3.8, 4) is 11.3 Å². The maximum atomic E-state index is 11.3. The summed E-state index contributed by atoms with van der Waals surface area (Å²) in [6.45, 7) is 3.82. The first kappa shape index (κ1) is 15.2. The molecule has 0 bridgehead atoms. The molecule has 3 rings (SSSR count). The number of rotatable bonds is 4. The molecule has 2 N–H and O–H groups in total. The van der Waals surface area contributed by atoms with Gasteiger partial charge in [0.2, 0.25) is 0 Å². The van der Waals surface area contributed by atoms with Gasteiger partial charge in [0.1, 0.15) is 5.82 Å². The van der Waals surface area contributed by atoms with Crippen molar-refractivity contribution in [2.45, 2.75) is 19.9 Å². The van der Waals surface area contributed by atoms with Gasteiger partial charge < -0.3 is 10.1 Å². The second kappa shape index (κ2) is 5.85. The van der Waals surface area contributed by atoms with E-state index in [1.54, 1.807) is 0 Å². The number of benzene rings is 1. The maximum Gasteiger partial charge on any atom is 0.310 e. The Morgan fingerprint density at radius 1 is 1.45 bits per heavy atom. The van der Waals surface area contributed by atoms with E-state index in [-0.39, 0.29) is 0 Å². The smallest absolute Gasteiger partial charge is 0.310 e. The number of carboxylic acid groups (broad SMARTS) is 1. The fraction of sp³-hybridized carbons (Fsp3) is 0.375. The molecule has 1 aliphatic heterocycles. The number of aromatic nitrogens is 2. The lowest BCUT2D eigenvalue weighted by atomic mass is 9.90. The summed E-state index contributed by atoms with van der Waals surface area (Å²) in [5.41, 5.74) is 1.42. The van der Waals surface area contributed by atoms with Crippen LogP contribution in [0.25, 0.3) is 11.3 Å². The van der Waals surface area contributed by atoms with Crippen LogP contribution in [0.5, 0.6) is 0 Å². The molecule has 0 aliphatic carbocycles. The third kappa shape index (κ3) is 3.08. The molecular formula is C16H18BrN3O2. The van der Waals surface area contributed by atoms with Gasteiger partial charge in [-0.2, -0.15) is 0 Å². The highest BCUT2D eigenvalue weighted by atomic mass is 79.9. The van der Waals surface area contributed by atoms with Crippen LogP contribution in [0.1, 0.15) is 19.2 Å². The van der Waals surface area contributed by atoms with Crippen LogP contribution < -0.4 is 0 Å². The van der Waals surface area contributed by atoms with Gasteiger partial charge in [0.25, 0.3) is 0 Å². The molecule has 1 atom stereocenters. The maximum absolute atomic E-state index is 11.3. The predicted octanol–water partition coefficient (Wildman–Crippen LogP) is 3.14. The number of aliphatic carboxylic acids is 1. The molecule has 1 aromatic heterocycles. The number of nitrogens with zero attached hydrogens (tertiary/aromatic N) is 2. The minimum Gasteiger partial charge on any atom is -0.481 e. The van der Waals surface area contributed by atoms with Crippen molar-refractivity contribution >= 4 is 21.9 Å². The Morgan fingerprint density at radius 3 is 2.82 bits per heavy atom. The number of hydrogen-bond donors (Lipinski definition) is 2. The van der Waals surface area contributed by atoms with Crippen LogP contribution in [-0.2, 0) is 11.3 Å². The van der Waals surface area contributed by atoms with Gasteiger partial charge in [-0.15, -0.1) is 0 Å². The van der Waals surface area contributed by atoms with Crippen LogP contribution in [0.4, 0.5) is 0 Å². The number of hydrogen-bond acceptors (Lipinski definition) is 3. The van der Waals surface area contributed by atoms with Crippen molar-refractivity contribution in [1.82, 2.24) is 14.9 Å². The third-order valence-electron chi connectivity index (χ3n) is 4.23. The number of carbonyl (C=O) groups is 1. The van der Waals surface area contributed by atoms with E-state index in [9.17, 15) is 9.90 Å². The molecule has 1 saturated heterocycles. The molecule has 1 aromatic carbocycles. The van der Waals surface area contributed by atoms with Gasteiger partial charge in [-0.1, -0.05) is 28.1 Å².